The van der Waals surface area contributed by atoms with Crippen molar-refractivity contribution in [3.63, 3.8) is 0 Å². The van der Waals surface area contributed by atoms with Crippen molar-refractivity contribution >= 4 is 27.3 Å². The second-order valence-corrected chi connectivity index (χ2v) is 6.40. The van der Waals surface area contributed by atoms with Gasteiger partial charge in [0, 0.05) is 38.8 Å². The Labute approximate surface area is 137 Å². The van der Waals surface area contributed by atoms with Crippen molar-refractivity contribution in [1.29, 1.82) is 0 Å². The predicted octanol–water partition coefficient (Wildman–Crippen LogP) is 3.78. The standard InChI is InChI=1S/C15H18BrNO3S/c1-18-13-7-15(20-3)14(19-2)6-11(13)12(17)5-10-4-9(16)8-21-10/h4,6-8,12H,5,17H2,1-3H3. The normalized spacial score (nSPS) is 12.0. The van der Waals surface area contributed by atoms with Crippen LogP contribution in [0.15, 0.2) is 28.1 Å². The van der Waals surface area contributed by atoms with Gasteiger partial charge in [0.15, 0.2) is 11.5 Å². The van der Waals surface area contributed by atoms with Crippen LogP contribution in [0.2, 0.25) is 0 Å². The average Bonchev–Trinajstić information content (AvgIpc) is 2.90. The molecule has 1 unspecified atom stereocenters. The maximum atomic E-state index is 6.34. The molecule has 0 bridgehead atoms. The van der Waals surface area contributed by atoms with Gasteiger partial charge in [-0.1, -0.05) is 0 Å². The molecule has 0 saturated heterocycles. The summed E-state index contributed by atoms with van der Waals surface area (Å²) in [5, 5.41) is 2.05. The number of rotatable bonds is 6. The van der Waals surface area contributed by atoms with E-state index in [-0.39, 0.29) is 6.04 Å². The van der Waals surface area contributed by atoms with E-state index < -0.39 is 0 Å². The van der Waals surface area contributed by atoms with Gasteiger partial charge in [-0.2, -0.15) is 0 Å². The van der Waals surface area contributed by atoms with Crippen LogP contribution < -0.4 is 19.9 Å². The zero-order chi connectivity index (χ0) is 15.4. The van der Waals surface area contributed by atoms with Crippen molar-refractivity contribution in [3.05, 3.63) is 38.5 Å². The van der Waals surface area contributed by atoms with E-state index >= 15 is 0 Å². The molecule has 1 atom stereocenters. The van der Waals surface area contributed by atoms with E-state index in [0.29, 0.717) is 17.2 Å². The molecule has 0 fully saturated rings. The Balaban J connectivity index is 2.32. The van der Waals surface area contributed by atoms with Gasteiger partial charge in [0.1, 0.15) is 5.75 Å². The number of ether oxygens (including phenoxy) is 3. The largest absolute Gasteiger partial charge is 0.496 e. The van der Waals surface area contributed by atoms with Crippen LogP contribution in [0.4, 0.5) is 0 Å². The molecule has 1 aromatic heterocycles. The molecule has 1 aromatic carbocycles. The SMILES string of the molecule is COc1cc(OC)c(C(N)Cc2cc(Br)cs2)cc1OC. The summed E-state index contributed by atoms with van der Waals surface area (Å²) in [5.74, 6) is 1.98. The van der Waals surface area contributed by atoms with Gasteiger partial charge in [-0.15, -0.1) is 11.3 Å². The summed E-state index contributed by atoms with van der Waals surface area (Å²) in [6.07, 6.45) is 0.738. The van der Waals surface area contributed by atoms with E-state index in [1.165, 1.54) is 4.88 Å². The number of methoxy groups -OCH3 is 3. The van der Waals surface area contributed by atoms with E-state index in [2.05, 4.69) is 22.0 Å². The summed E-state index contributed by atoms with van der Waals surface area (Å²) < 4.78 is 17.1. The number of hydrogen-bond donors (Lipinski definition) is 1. The molecule has 0 aliphatic rings. The lowest BCUT2D eigenvalue weighted by Crippen LogP contribution is -2.14. The number of thiophene rings is 1. The van der Waals surface area contributed by atoms with Gasteiger partial charge in [-0.25, -0.2) is 0 Å². The van der Waals surface area contributed by atoms with Gasteiger partial charge < -0.3 is 19.9 Å². The zero-order valence-corrected chi connectivity index (χ0v) is 14.6. The molecule has 0 radical (unpaired) electrons. The molecular weight excluding hydrogens is 354 g/mol. The van der Waals surface area contributed by atoms with Gasteiger partial charge in [0.25, 0.3) is 0 Å². The Morgan fingerprint density at radius 3 is 2.19 bits per heavy atom. The van der Waals surface area contributed by atoms with E-state index in [9.17, 15) is 0 Å². The lowest BCUT2D eigenvalue weighted by atomic mass is 10.0. The van der Waals surface area contributed by atoms with Crippen LogP contribution in [0, 0.1) is 0 Å². The number of halogens is 1. The first kappa shape index (κ1) is 16.1. The van der Waals surface area contributed by atoms with Gasteiger partial charge >= 0.3 is 0 Å². The minimum atomic E-state index is -0.176. The van der Waals surface area contributed by atoms with Crippen LogP contribution >= 0.6 is 27.3 Å². The smallest absolute Gasteiger partial charge is 0.164 e. The van der Waals surface area contributed by atoms with Crippen LogP contribution in [0.3, 0.4) is 0 Å². The maximum Gasteiger partial charge on any atom is 0.164 e. The summed E-state index contributed by atoms with van der Waals surface area (Å²) in [6.45, 7) is 0. The van der Waals surface area contributed by atoms with Crippen LogP contribution in [0.5, 0.6) is 17.2 Å². The predicted molar refractivity (Wildman–Crippen MR) is 88.7 cm³/mol. The quantitative estimate of drug-likeness (QED) is 0.839. The fourth-order valence-electron chi connectivity index (χ4n) is 2.13. The van der Waals surface area contributed by atoms with Crippen LogP contribution in [0.1, 0.15) is 16.5 Å². The third-order valence-corrected chi connectivity index (χ3v) is 4.90. The van der Waals surface area contributed by atoms with Gasteiger partial charge in [0.2, 0.25) is 0 Å². The van der Waals surface area contributed by atoms with Crippen molar-refractivity contribution in [1.82, 2.24) is 0 Å². The third-order valence-electron chi connectivity index (χ3n) is 3.18. The highest BCUT2D eigenvalue weighted by atomic mass is 79.9. The minimum absolute atomic E-state index is 0.176. The second kappa shape index (κ2) is 7.15. The van der Waals surface area contributed by atoms with Gasteiger partial charge in [0.05, 0.1) is 21.3 Å². The monoisotopic (exact) mass is 371 g/mol. The molecule has 0 aliphatic carbocycles. The maximum absolute atomic E-state index is 6.34. The summed E-state index contributed by atoms with van der Waals surface area (Å²) >= 11 is 5.14. The van der Waals surface area contributed by atoms with Crippen molar-refractivity contribution in [2.45, 2.75) is 12.5 Å². The lowest BCUT2D eigenvalue weighted by Gasteiger charge is -2.18. The number of nitrogens with two attached hydrogens (primary N) is 1. The highest BCUT2D eigenvalue weighted by Crippen LogP contribution is 2.38. The first-order valence-electron chi connectivity index (χ1n) is 6.37. The van der Waals surface area contributed by atoms with Crippen molar-refractivity contribution in [2.75, 3.05) is 21.3 Å². The van der Waals surface area contributed by atoms with Crippen LogP contribution in [-0.4, -0.2) is 21.3 Å². The summed E-state index contributed by atoms with van der Waals surface area (Å²) in [7, 11) is 4.83. The molecular formula is C15H18BrNO3S. The van der Waals surface area contributed by atoms with E-state index in [1.54, 1.807) is 38.7 Å². The Morgan fingerprint density at radius 2 is 1.67 bits per heavy atom. The Kier molecular flexibility index (Phi) is 5.50. The molecule has 2 aromatic rings. The molecule has 0 saturated carbocycles. The highest BCUT2D eigenvalue weighted by molar-refractivity contribution is 9.10. The number of hydrogen-bond acceptors (Lipinski definition) is 5. The fourth-order valence-corrected chi connectivity index (χ4v) is 3.64. The van der Waals surface area contributed by atoms with Gasteiger partial charge in [-0.3, -0.25) is 0 Å². The number of benzene rings is 1. The minimum Gasteiger partial charge on any atom is -0.496 e. The third kappa shape index (κ3) is 3.70. The van der Waals surface area contributed by atoms with Crippen molar-refractivity contribution in [3.8, 4) is 17.2 Å². The highest BCUT2D eigenvalue weighted by Gasteiger charge is 2.18. The summed E-state index contributed by atoms with van der Waals surface area (Å²) in [4.78, 5) is 1.21. The van der Waals surface area contributed by atoms with Crippen molar-refractivity contribution < 1.29 is 14.2 Å². The van der Waals surface area contributed by atoms with Crippen molar-refractivity contribution in [2.24, 2.45) is 5.73 Å². The Bertz CT molecular complexity index is 615. The fraction of sp³-hybridized carbons (Fsp3) is 0.333. The topological polar surface area (TPSA) is 53.7 Å². The molecule has 1 heterocycles. The lowest BCUT2D eigenvalue weighted by molar-refractivity contribution is 0.346. The first-order valence-corrected chi connectivity index (χ1v) is 8.04. The average molecular weight is 372 g/mol. The van der Waals surface area contributed by atoms with E-state index in [0.717, 1.165) is 16.5 Å². The molecule has 4 nitrogen and oxygen atoms in total. The first-order chi connectivity index (χ1) is 10.1. The molecule has 0 aliphatic heterocycles. The molecule has 21 heavy (non-hydrogen) atoms. The second-order valence-electron chi connectivity index (χ2n) is 4.49. The van der Waals surface area contributed by atoms with Gasteiger partial charge in [-0.05, 0) is 28.1 Å². The molecule has 2 N–H and O–H groups in total. The summed E-state index contributed by atoms with van der Waals surface area (Å²) in [6, 6.07) is 5.59. The molecule has 6 heteroatoms. The molecule has 0 spiro atoms. The van der Waals surface area contributed by atoms with E-state index in [4.69, 9.17) is 19.9 Å². The Hall–Kier alpha value is -1.24. The van der Waals surface area contributed by atoms with Crippen LogP contribution in [0.25, 0.3) is 0 Å². The summed E-state index contributed by atoms with van der Waals surface area (Å²) in [5.41, 5.74) is 7.25. The Morgan fingerprint density at radius 1 is 1.05 bits per heavy atom. The van der Waals surface area contributed by atoms with E-state index in [1.807, 2.05) is 11.4 Å². The molecule has 2 rings (SSSR count). The van der Waals surface area contributed by atoms with Crippen LogP contribution in [-0.2, 0) is 6.42 Å². The molecule has 114 valence electrons. The molecule has 0 amide bonds. The zero-order valence-electron chi connectivity index (χ0n) is 12.2.